The lowest BCUT2D eigenvalue weighted by molar-refractivity contribution is 0.0507. The molecule has 0 spiro atoms. The molecule has 0 aliphatic rings. The maximum absolute atomic E-state index is 13.1. The first kappa shape index (κ1) is 18.9. The number of rotatable bonds is 5. The van der Waals surface area contributed by atoms with E-state index in [4.69, 9.17) is 4.74 Å². The Morgan fingerprint density at radius 3 is 2.55 bits per heavy atom. The molecule has 0 heterocycles. The molecule has 0 fully saturated rings. The Hall–Kier alpha value is -1.14. The minimum Gasteiger partial charge on any atom is -0.444 e. The maximum Gasteiger partial charge on any atom is 0.407 e. The van der Waals surface area contributed by atoms with Gasteiger partial charge in [-0.15, -0.1) is 0 Å². The molecule has 1 amide bonds. The van der Waals surface area contributed by atoms with Gasteiger partial charge in [0.05, 0.1) is 0 Å². The third-order valence-electron chi connectivity index (χ3n) is 2.92. The van der Waals surface area contributed by atoms with Crippen molar-refractivity contribution in [3.8, 4) is 0 Å². The summed E-state index contributed by atoms with van der Waals surface area (Å²) in [4.78, 5) is 11.7. The quantitative estimate of drug-likeness (QED) is 0.813. The van der Waals surface area contributed by atoms with E-state index in [1.807, 2.05) is 34.6 Å². The predicted molar refractivity (Wildman–Crippen MR) is 89.3 cm³/mol. The second kappa shape index (κ2) is 7.92. The summed E-state index contributed by atoms with van der Waals surface area (Å²) < 4.78 is 19.0. The van der Waals surface area contributed by atoms with Gasteiger partial charge in [-0.25, -0.2) is 9.18 Å². The van der Waals surface area contributed by atoms with E-state index in [9.17, 15) is 9.18 Å². The van der Waals surface area contributed by atoms with E-state index in [0.717, 1.165) is 10.0 Å². The van der Waals surface area contributed by atoms with Crippen molar-refractivity contribution in [2.24, 2.45) is 0 Å². The lowest BCUT2D eigenvalue weighted by atomic mass is 10.1. The molecule has 2 unspecified atom stereocenters. The van der Waals surface area contributed by atoms with Crippen LogP contribution in [-0.2, 0) is 4.74 Å². The van der Waals surface area contributed by atoms with Crippen LogP contribution in [0.1, 0.15) is 46.2 Å². The number of hydrogen-bond acceptors (Lipinski definition) is 3. The fourth-order valence-electron chi connectivity index (χ4n) is 1.88. The van der Waals surface area contributed by atoms with Gasteiger partial charge < -0.3 is 15.4 Å². The van der Waals surface area contributed by atoms with Crippen LogP contribution in [0.5, 0.6) is 0 Å². The molecule has 0 aliphatic heterocycles. The molecule has 124 valence electrons. The molecule has 4 nitrogen and oxygen atoms in total. The second-order valence-electron chi connectivity index (χ2n) is 6.34. The van der Waals surface area contributed by atoms with Gasteiger partial charge in [0.25, 0.3) is 0 Å². The Kier molecular flexibility index (Phi) is 6.81. The number of carbonyl (C=O) groups excluding carboxylic acids is 1. The van der Waals surface area contributed by atoms with Crippen molar-refractivity contribution in [1.82, 2.24) is 10.6 Å². The minimum atomic E-state index is -0.510. The first-order valence-corrected chi connectivity index (χ1v) is 8.05. The molecule has 6 heteroatoms. The number of nitrogens with one attached hydrogen (secondary N) is 2. The van der Waals surface area contributed by atoms with Gasteiger partial charge in [-0.2, -0.15) is 0 Å². The van der Waals surface area contributed by atoms with Crippen molar-refractivity contribution < 1.29 is 13.9 Å². The monoisotopic (exact) mass is 374 g/mol. The van der Waals surface area contributed by atoms with E-state index in [2.05, 4.69) is 26.6 Å². The summed E-state index contributed by atoms with van der Waals surface area (Å²) in [5.41, 5.74) is 0.453. The molecule has 2 N–H and O–H groups in total. The Morgan fingerprint density at radius 2 is 2.00 bits per heavy atom. The minimum absolute atomic E-state index is 0.0258. The molecule has 22 heavy (non-hydrogen) atoms. The van der Waals surface area contributed by atoms with Crippen LogP contribution in [0, 0.1) is 5.82 Å². The fourth-order valence-corrected chi connectivity index (χ4v) is 2.57. The number of carbonyl (C=O) groups is 1. The first-order chi connectivity index (χ1) is 10.1. The van der Waals surface area contributed by atoms with Gasteiger partial charge in [0.15, 0.2) is 0 Å². The van der Waals surface area contributed by atoms with Crippen LogP contribution in [0.4, 0.5) is 9.18 Å². The number of benzene rings is 1. The lowest BCUT2D eigenvalue weighted by Crippen LogP contribution is -2.43. The van der Waals surface area contributed by atoms with Crippen LogP contribution >= 0.6 is 15.9 Å². The van der Waals surface area contributed by atoms with Gasteiger partial charge in [-0.05, 0) is 52.3 Å². The first-order valence-electron chi connectivity index (χ1n) is 7.26. The summed E-state index contributed by atoms with van der Waals surface area (Å²) in [5.74, 6) is -0.275. The van der Waals surface area contributed by atoms with Crippen LogP contribution in [0.2, 0.25) is 0 Å². The third-order valence-corrected chi connectivity index (χ3v) is 3.61. The molecule has 0 radical (unpaired) electrons. The Balaban J connectivity index is 2.46. The SMILES string of the molecule is CC(CNC(C)c1ccc(F)cc1Br)NC(=O)OC(C)(C)C. The number of amides is 1. The van der Waals surface area contributed by atoms with E-state index in [-0.39, 0.29) is 17.9 Å². The van der Waals surface area contributed by atoms with Crippen molar-refractivity contribution in [3.63, 3.8) is 0 Å². The van der Waals surface area contributed by atoms with Gasteiger partial charge in [-0.1, -0.05) is 22.0 Å². The normalized spacial score (nSPS) is 14.3. The van der Waals surface area contributed by atoms with E-state index < -0.39 is 11.7 Å². The maximum atomic E-state index is 13.1. The molecule has 0 aromatic heterocycles. The van der Waals surface area contributed by atoms with Gasteiger partial charge in [0, 0.05) is 23.1 Å². The van der Waals surface area contributed by atoms with Crippen LogP contribution in [-0.4, -0.2) is 24.3 Å². The van der Waals surface area contributed by atoms with E-state index in [0.29, 0.717) is 6.54 Å². The Labute approximate surface area is 139 Å². The highest BCUT2D eigenvalue weighted by molar-refractivity contribution is 9.10. The second-order valence-corrected chi connectivity index (χ2v) is 7.20. The topological polar surface area (TPSA) is 50.4 Å². The van der Waals surface area contributed by atoms with Gasteiger partial charge in [0.2, 0.25) is 0 Å². The molecule has 1 rings (SSSR count). The van der Waals surface area contributed by atoms with Crippen LogP contribution in [0.25, 0.3) is 0 Å². The zero-order valence-corrected chi connectivity index (χ0v) is 15.3. The molecule has 1 aromatic rings. The largest absolute Gasteiger partial charge is 0.444 e. The average molecular weight is 375 g/mol. The summed E-state index contributed by atoms with van der Waals surface area (Å²) in [7, 11) is 0. The summed E-state index contributed by atoms with van der Waals surface area (Å²) >= 11 is 3.36. The zero-order valence-electron chi connectivity index (χ0n) is 13.7. The van der Waals surface area contributed by atoms with E-state index in [1.54, 1.807) is 6.07 Å². The van der Waals surface area contributed by atoms with Gasteiger partial charge in [0.1, 0.15) is 11.4 Å². The molecule has 0 aliphatic carbocycles. The third kappa shape index (κ3) is 6.75. The number of hydrogen-bond donors (Lipinski definition) is 2. The highest BCUT2D eigenvalue weighted by Gasteiger charge is 2.18. The van der Waals surface area contributed by atoms with Crippen LogP contribution in [0.3, 0.4) is 0 Å². The summed E-state index contributed by atoms with van der Waals surface area (Å²) in [6.45, 7) is 9.92. The number of halogens is 2. The van der Waals surface area contributed by atoms with Gasteiger partial charge >= 0.3 is 6.09 Å². The molecule has 0 saturated heterocycles. The molecule has 1 aromatic carbocycles. The van der Waals surface area contributed by atoms with Crippen LogP contribution in [0.15, 0.2) is 22.7 Å². The number of ether oxygens (including phenoxy) is 1. The number of alkyl carbamates (subject to hydrolysis) is 1. The van der Waals surface area contributed by atoms with Crippen molar-refractivity contribution >= 4 is 22.0 Å². The highest BCUT2D eigenvalue weighted by atomic mass is 79.9. The van der Waals surface area contributed by atoms with E-state index in [1.165, 1.54) is 12.1 Å². The van der Waals surface area contributed by atoms with Crippen molar-refractivity contribution in [2.75, 3.05) is 6.54 Å². The smallest absolute Gasteiger partial charge is 0.407 e. The van der Waals surface area contributed by atoms with Crippen LogP contribution < -0.4 is 10.6 Å². The van der Waals surface area contributed by atoms with Gasteiger partial charge in [-0.3, -0.25) is 0 Å². The molecule has 0 bridgehead atoms. The zero-order chi connectivity index (χ0) is 16.9. The fraction of sp³-hybridized carbons (Fsp3) is 0.562. The predicted octanol–water partition coefficient (Wildman–Crippen LogP) is 4.15. The summed E-state index contributed by atoms with van der Waals surface area (Å²) in [6, 6.07) is 4.55. The average Bonchev–Trinajstić information content (AvgIpc) is 2.33. The van der Waals surface area contributed by atoms with E-state index >= 15 is 0 Å². The molecular weight excluding hydrogens is 351 g/mol. The Morgan fingerprint density at radius 1 is 1.36 bits per heavy atom. The molecule has 0 saturated carbocycles. The standard InChI is InChI=1S/C16H24BrFN2O2/c1-10(20-15(21)22-16(3,4)5)9-19-11(2)13-7-6-12(18)8-14(13)17/h6-8,10-11,19H,9H2,1-5H3,(H,20,21). The van der Waals surface area contributed by atoms with Crippen molar-refractivity contribution in [1.29, 1.82) is 0 Å². The lowest BCUT2D eigenvalue weighted by Gasteiger charge is -2.23. The van der Waals surface area contributed by atoms with Crippen molar-refractivity contribution in [2.45, 2.75) is 52.3 Å². The molecule has 2 atom stereocenters. The van der Waals surface area contributed by atoms with Crippen molar-refractivity contribution in [3.05, 3.63) is 34.1 Å². The summed E-state index contributed by atoms with van der Waals surface area (Å²) in [5, 5.41) is 6.08. The highest BCUT2D eigenvalue weighted by Crippen LogP contribution is 2.24. The molecular formula is C16H24BrFN2O2. The summed E-state index contributed by atoms with van der Waals surface area (Å²) in [6.07, 6.45) is -0.433. The Bertz CT molecular complexity index is 517.